The van der Waals surface area contributed by atoms with Crippen molar-refractivity contribution in [3.05, 3.63) is 35.4 Å². The lowest BCUT2D eigenvalue weighted by atomic mass is 9.76. The molecule has 0 aromatic heterocycles. The quantitative estimate of drug-likeness (QED) is 0.878. The van der Waals surface area contributed by atoms with Gasteiger partial charge in [-0.2, -0.15) is 13.2 Å². The second kappa shape index (κ2) is 6.69. The fourth-order valence-corrected chi connectivity index (χ4v) is 2.89. The van der Waals surface area contributed by atoms with E-state index in [-0.39, 0.29) is 30.0 Å². The maximum absolute atomic E-state index is 12.9. The first-order valence-electron chi connectivity index (χ1n) is 7.43. The Morgan fingerprint density at radius 3 is 2.55 bits per heavy atom. The highest BCUT2D eigenvalue weighted by Crippen LogP contribution is 2.33. The normalized spacial score (nSPS) is 22.8. The number of aliphatic hydroxyl groups excluding tert-OH is 1. The van der Waals surface area contributed by atoms with Crippen molar-refractivity contribution in [3.8, 4) is 0 Å². The number of nitrogens with one attached hydrogen (secondary N) is 1. The molecule has 0 spiro atoms. The van der Waals surface area contributed by atoms with Crippen LogP contribution in [0.2, 0.25) is 0 Å². The van der Waals surface area contributed by atoms with Gasteiger partial charge in [0.1, 0.15) is 0 Å². The third kappa shape index (κ3) is 4.00. The molecule has 0 unspecified atom stereocenters. The summed E-state index contributed by atoms with van der Waals surface area (Å²) in [5.74, 6) is -0.202. The van der Waals surface area contributed by atoms with Gasteiger partial charge >= 0.3 is 6.18 Å². The molecule has 6 heteroatoms. The summed E-state index contributed by atoms with van der Waals surface area (Å²) in [5.41, 5.74) is -0.784. The molecule has 0 aliphatic heterocycles. The predicted molar refractivity (Wildman–Crippen MR) is 76.1 cm³/mol. The number of halogens is 3. The van der Waals surface area contributed by atoms with Crippen molar-refractivity contribution in [2.75, 3.05) is 0 Å². The largest absolute Gasteiger partial charge is 0.416 e. The van der Waals surface area contributed by atoms with Crippen LogP contribution in [-0.4, -0.2) is 23.2 Å². The molecule has 22 heavy (non-hydrogen) atoms. The average Bonchev–Trinajstić information content (AvgIpc) is 2.41. The van der Waals surface area contributed by atoms with Gasteiger partial charge in [-0.3, -0.25) is 4.79 Å². The summed E-state index contributed by atoms with van der Waals surface area (Å²) in [6.45, 7) is 1.92. The van der Waals surface area contributed by atoms with Gasteiger partial charge in [0, 0.05) is 6.04 Å². The van der Waals surface area contributed by atoms with E-state index in [9.17, 15) is 23.1 Å². The van der Waals surface area contributed by atoms with Gasteiger partial charge in [-0.15, -0.1) is 0 Å². The Balaban J connectivity index is 2.00. The van der Waals surface area contributed by atoms with E-state index in [2.05, 4.69) is 5.32 Å². The monoisotopic (exact) mass is 315 g/mol. The van der Waals surface area contributed by atoms with E-state index in [1.165, 1.54) is 18.2 Å². The molecule has 2 N–H and O–H groups in total. The molecule has 122 valence electrons. The molecule has 0 radical (unpaired) electrons. The van der Waals surface area contributed by atoms with Crippen LogP contribution in [0.3, 0.4) is 0 Å². The van der Waals surface area contributed by atoms with E-state index >= 15 is 0 Å². The molecule has 2 rings (SSSR count). The maximum Gasteiger partial charge on any atom is 0.416 e. The number of rotatable bonds is 5. The van der Waals surface area contributed by atoms with Crippen molar-refractivity contribution in [1.82, 2.24) is 5.32 Å². The van der Waals surface area contributed by atoms with E-state index in [1.807, 2.05) is 6.92 Å². The zero-order valence-electron chi connectivity index (χ0n) is 12.4. The Kier molecular flexibility index (Phi) is 5.11. The van der Waals surface area contributed by atoms with Gasteiger partial charge in [-0.1, -0.05) is 25.1 Å². The summed E-state index contributed by atoms with van der Waals surface area (Å²) in [6.07, 6.45) is -3.09. The molecular formula is C16H20F3NO2. The summed E-state index contributed by atoms with van der Waals surface area (Å²) in [4.78, 5) is 12.0. The lowest BCUT2D eigenvalue weighted by Gasteiger charge is -2.37. The van der Waals surface area contributed by atoms with Crippen molar-refractivity contribution in [3.63, 3.8) is 0 Å². The minimum absolute atomic E-state index is 0.0176. The van der Waals surface area contributed by atoms with Gasteiger partial charge in [0.05, 0.1) is 18.1 Å². The molecule has 0 saturated heterocycles. The number of carbonyl (C=O) groups excluding carboxylic acids is 1. The minimum atomic E-state index is -4.46. The first-order chi connectivity index (χ1) is 10.3. The van der Waals surface area contributed by atoms with Crippen LogP contribution in [0, 0.1) is 5.92 Å². The smallest absolute Gasteiger partial charge is 0.393 e. The van der Waals surface area contributed by atoms with Gasteiger partial charge in [-0.25, -0.2) is 0 Å². The van der Waals surface area contributed by atoms with E-state index in [0.717, 1.165) is 6.07 Å². The zero-order chi connectivity index (χ0) is 16.3. The fourth-order valence-electron chi connectivity index (χ4n) is 2.89. The summed E-state index contributed by atoms with van der Waals surface area (Å²) in [7, 11) is 0. The molecule has 1 atom stereocenters. The number of carbonyl (C=O) groups is 1. The van der Waals surface area contributed by atoms with Crippen LogP contribution >= 0.6 is 0 Å². The number of hydrogen-bond acceptors (Lipinski definition) is 2. The van der Waals surface area contributed by atoms with E-state index in [4.69, 9.17) is 0 Å². The van der Waals surface area contributed by atoms with E-state index in [1.54, 1.807) is 0 Å². The van der Waals surface area contributed by atoms with Gasteiger partial charge in [0.15, 0.2) is 0 Å². The standard InChI is InChI=1S/C16H20F3NO2/c1-2-14(11-7-12(21)8-11)20-15(22)9-10-5-3-4-6-13(10)16(17,18)19/h3-6,11-12,14,21H,2,7-9H2,1H3,(H,20,22)/t11?,12?,14-/m0/s1. The molecule has 1 saturated carbocycles. The molecule has 1 fully saturated rings. The van der Waals surface area contributed by atoms with Crippen LogP contribution < -0.4 is 5.32 Å². The summed E-state index contributed by atoms with van der Waals surface area (Å²) < 4.78 is 38.7. The van der Waals surface area contributed by atoms with Crippen molar-refractivity contribution in [2.24, 2.45) is 5.92 Å². The van der Waals surface area contributed by atoms with Gasteiger partial charge < -0.3 is 10.4 Å². The number of hydrogen-bond donors (Lipinski definition) is 2. The van der Waals surface area contributed by atoms with Crippen molar-refractivity contribution in [1.29, 1.82) is 0 Å². The van der Waals surface area contributed by atoms with Crippen LogP contribution in [0.25, 0.3) is 0 Å². The number of alkyl halides is 3. The van der Waals surface area contributed by atoms with Gasteiger partial charge in [0.25, 0.3) is 0 Å². The Morgan fingerprint density at radius 1 is 1.36 bits per heavy atom. The first kappa shape index (κ1) is 16.8. The number of aliphatic hydroxyl groups is 1. The first-order valence-corrected chi connectivity index (χ1v) is 7.43. The molecule has 0 heterocycles. The topological polar surface area (TPSA) is 49.3 Å². The Morgan fingerprint density at radius 2 is 2.00 bits per heavy atom. The van der Waals surface area contributed by atoms with Crippen LogP contribution in [0.5, 0.6) is 0 Å². The molecule has 3 nitrogen and oxygen atoms in total. The Labute approximate surface area is 127 Å². The Bertz CT molecular complexity index is 524. The molecule has 1 aliphatic carbocycles. The molecule has 0 bridgehead atoms. The third-order valence-electron chi connectivity index (χ3n) is 4.18. The Hall–Kier alpha value is -1.56. The summed E-state index contributed by atoms with van der Waals surface area (Å²) in [6, 6.07) is 5.04. The minimum Gasteiger partial charge on any atom is -0.393 e. The highest BCUT2D eigenvalue weighted by atomic mass is 19.4. The molecule has 1 amide bonds. The molecular weight excluding hydrogens is 295 g/mol. The molecule has 1 aromatic rings. The predicted octanol–water partition coefficient (Wildman–Crippen LogP) is 2.91. The molecule has 1 aromatic carbocycles. The summed E-state index contributed by atoms with van der Waals surface area (Å²) in [5, 5.41) is 12.1. The zero-order valence-corrected chi connectivity index (χ0v) is 12.4. The summed E-state index contributed by atoms with van der Waals surface area (Å²) >= 11 is 0. The van der Waals surface area contributed by atoms with Crippen LogP contribution in [0.4, 0.5) is 13.2 Å². The average molecular weight is 315 g/mol. The second-order valence-corrected chi connectivity index (χ2v) is 5.80. The lowest BCUT2D eigenvalue weighted by Crippen LogP contribution is -2.47. The fraction of sp³-hybridized carbons (Fsp3) is 0.562. The van der Waals surface area contributed by atoms with Crippen LogP contribution in [0.1, 0.15) is 37.3 Å². The number of benzene rings is 1. The third-order valence-corrected chi connectivity index (χ3v) is 4.18. The maximum atomic E-state index is 12.9. The molecule has 1 aliphatic rings. The van der Waals surface area contributed by atoms with Crippen molar-refractivity contribution < 1.29 is 23.1 Å². The lowest BCUT2D eigenvalue weighted by molar-refractivity contribution is -0.138. The van der Waals surface area contributed by atoms with Crippen LogP contribution in [0.15, 0.2) is 24.3 Å². The SMILES string of the molecule is CC[C@H](NC(=O)Cc1ccccc1C(F)(F)F)C1CC(O)C1. The second-order valence-electron chi connectivity index (χ2n) is 5.80. The number of amides is 1. The van der Waals surface area contributed by atoms with E-state index < -0.39 is 17.6 Å². The van der Waals surface area contributed by atoms with Crippen LogP contribution in [-0.2, 0) is 17.4 Å². The highest BCUT2D eigenvalue weighted by molar-refractivity contribution is 5.79. The van der Waals surface area contributed by atoms with Gasteiger partial charge in [-0.05, 0) is 36.8 Å². The van der Waals surface area contributed by atoms with Crippen molar-refractivity contribution >= 4 is 5.91 Å². The van der Waals surface area contributed by atoms with E-state index in [0.29, 0.717) is 19.3 Å². The highest BCUT2D eigenvalue weighted by Gasteiger charge is 2.35. The van der Waals surface area contributed by atoms with Crippen molar-refractivity contribution in [2.45, 2.75) is 50.9 Å². The van der Waals surface area contributed by atoms with Gasteiger partial charge in [0.2, 0.25) is 5.91 Å².